The second kappa shape index (κ2) is 11.2. The number of ether oxygens (including phenoxy) is 5. The summed E-state index contributed by atoms with van der Waals surface area (Å²) in [6, 6.07) is 15.1. The molecule has 0 radical (unpaired) electrons. The van der Waals surface area contributed by atoms with E-state index in [1.54, 1.807) is 27.4 Å². The zero-order chi connectivity index (χ0) is 26.8. The molecule has 7 nitrogen and oxygen atoms in total. The number of nitrogens with zero attached hydrogens (tertiary/aromatic N) is 2. The van der Waals surface area contributed by atoms with E-state index in [1.165, 1.54) is 0 Å². The van der Waals surface area contributed by atoms with E-state index in [2.05, 4.69) is 6.92 Å². The van der Waals surface area contributed by atoms with Crippen molar-refractivity contribution < 1.29 is 23.7 Å². The summed E-state index contributed by atoms with van der Waals surface area (Å²) in [5, 5.41) is 8.01. The van der Waals surface area contributed by atoms with Gasteiger partial charge < -0.3 is 23.7 Å². The predicted molar refractivity (Wildman–Crippen MR) is 149 cm³/mol. The van der Waals surface area contributed by atoms with Crippen LogP contribution in [0, 0.1) is 0 Å². The summed E-state index contributed by atoms with van der Waals surface area (Å²) in [7, 11) is 4.87. The predicted octanol–water partition coefficient (Wildman–Crippen LogP) is 7.44. The van der Waals surface area contributed by atoms with Gasteiger partial charge in [0, 0.05) is 28.1 Å². The summed E-state index contributed by atoms with van der Waals surface area (Å²) < 4.78 is 29.0. The molecular formula is C29H30Cl2N2O5. The summed E-state index contributed by atoms with van der Waals surface area (Å²) >= 11 is 13.0. The van der Waals surface area contributed by atoms with Crippen LogP contribution in [0.15, 0.2) is 53.6 Å². The minimum absolute atomic E-state index is 0.130. The van der Waals surface area contributed by atoms with Crippen molar-refractivity contribution in [3.05, 3.63) is 75.3 Å². The molecule has 3 aromatic carbocycles. The summed E-state index contributed by atoms with van der Waals surface area (Å²) in [5.74, 6) is 3.23. The van der Waals surface area contributed by atoms with Gasteiger partial charge >= 0.3 is 0 Å². The van der Waals surface area contributed by atoms with E-state index in [0.29, 0.717) is 51.8 Å². The lowest BCUT2D eigenvalue weighted by Crippen LogP contribution is -2.33. The summed E-state index contributed by atoms with van der Waals surface area (Å²) in [6.45, 7) is 2.76. The maximum absolute atomic E-state index is 6.63. The molecule has 0 amide bonds. The minimum Gasteiger partial charge on any atom is -0.493 e. The number of halogens is 2. The Balaban J connectivity index is 1.56. The third-order valence-corrected chi connectivity index (χ3v) is 7.25. The van der Waals surface area contributed by atoms with Gasteiger partial charge in [0.1, 0.15) is 5.75 Å². The summed E-state index contributed by atoms with van der Waals surface area (Å²) in [5.41, 5.74) is 3.58. The van der Waals surface area contributed by atoms with Crippen LogP contribution in [-0.4, -0.2) is 38.7 Å². The highest BCUT2D eigenvalue weighted by Crippen LogP contribution is 2.51. The first-order valence-corrected chi connectivity index (χ1v) is 13.3. The Hall–Kier alpha value is -3.29. The number of hydrogen-bond donors (Lipinski definition) is 0. The van der Waals surface area contributed by atoms with Gasteiger partial charge in [-0.15, -0.1) is 0 Å². The molecule has 0 N–H and O–H groups in total. The second-order valence-corrected chi connectivity index (χ2v) is 9.95. The molecule has 0 saturated carbocycles. The van der Waals surface area contributed by atoms with Crippen LogP contribution in [0.2, 0.25) is 10.0 Å². The van der Waals surface area contributed by atoms with Crippen LogP contribution in [0.5, 0.6) is 28.7 Å². The van der Waals surface area contributed by atoms with Crippen LogP contribution in [0.3, 0.4) is 0 Å². The van der Waals surface area contributed by atoms with E-state index in [4.69, 9.17) is 52.0 Å². The first-order chi connectivity index (χ1) is 18.5. The van der Waals surface area contributed by atoms with Gasteiger partial charge in [0.25, 0.3) is 0 Å². The van der Waals surface area contributed by atoms with Crippen LogP contribution >= 0.6 is 23.2 Å². The van der Waals surface area contributed by atoms with E-state index in [-0.39, 0.29) is 6.04 Å². The number of unbranched alkanes of at least 4 members (excludes halogenated alkanes) is 1. The fourth-order valence-corrected chi connectivity index (χ4v) is 5.36. The average Bonchev–Trinajstić information content (AvgIpc) is 3.38. The fraction of sp³-hybridized carbons (Fsp3) is 0.345. The van der Waals surface area contributed by atoms with Crippen LogP contribution < -0.4 is 23.7 Å². The van der Waals surface area contributed by atoms with Gasteiger partial charge in [-0.3, -0.25) is 0 Å². The monoisotopic (exact) mass is 556 g/mol. The number of hydrazone groups is 1. The quantitative estimate of drug-likeness (QED) is 0.255. The summed E-state index contributed by atoms with van der Waals surface area (Å²) in [4.78, 5) is 0. The average molecular weight is 557 g/mol. The van der Waals surface area contributed by atoms with Crippen molar-refractivity contribution >= 4 is 28.9 Å². The van der Waals surface area contributed by atoms with Gasteiger partial charge in [0.2, 0.25) is 6.23 Å². The fourth-order valence-electron chi connectivity index (χ4n) is 4.81. The van der Waals surface area contributed by atoms with Crippen molar-refractivity contribution in [2.75, 3.05) is 27.9 Å². The third-order valence-electron chi connectivity index (χ3n) is 6.75. The van der Waals surface area contributed by atoms with Gasteiger partial charge in [0.05, 0.1) is 44.7 Å². The summed E-state index contributed by atoms with van der Waals surface area (Å²) in [6.07, 6.45) is 2.12. The van der Waals surface area contributed by atoms with Crippen LogP contribution in [-0.2, 0) is 0 Å². The number of methoxy groups -OCH3 is 3. The molecule has 200 valence electrons. The maximum Gasteiger partial charge on any atom is 0.214 e. The van der Waals surface area contributed by atoms with Crippen LogP contribution in [0.25, 0.3) is 0 Å². The molecule has 2 atom stereocenters. The SMILES string of the molecule is CCCCOc1ccc([C@H]2Oc3c(Cl)cc(Cl)cc3[C@@H]3CC(c4ccc(OC)c(OC)c4)=NN23)cc1OC. The normalized spacial score (nSPS) is 17.7. The van der Waals surface area contributed by atoms with E-state index < -0.39 is 6.23 Å². The maximum atomic E-state index is 6.63. The van der Waals surface area contributed by atoms with Crippen molar-refractivity contribution in [2.24, 2.45) is 5.10 Å². The molecule has 0 saturated heterocycles. The van der Waals surface area contributed by atoms with Crippen molar-refractivity contribution in [2.45, 2.75) is 38.5 Å². The van der Waals surface area contributed by atoms with E-state index in [0.717, 1.165) is 35.2 Å². The number of rotatable bonds is 9. The molecular weight excluding hydrogens is 527 g/mol. The highest BCUT2D eigenvalue weighted by molar-refractivity contribution is 6.35. The minimum atomic E-state index is -0.539. The molecule has 3 aromatic rings. The number of benzene rings is 3. The Labute approximate surface area is 232 Å². The third kappa shape index (κ3) is 4.93. The van der Waals surface area contributed by atoms with Gasteiger partial charge in [-0.2, -0.15) is 5.10 Å². The van der Waals surface area contributed by atoms with Gasteiger partial charge in [-0.05, 0) is 55.0 Å². The van der Waals surface area contributed by atoms with Crippen molar-refractivity contribution in [1.82, 2.24) is 5.01 Å². The van der Waals surface area contributed by atoms with Crippen molar-refractivity contribution in [3.8, 4) is 28.7 Å². The molecule has 0 aromatic heterocycles. The van der Waals surface area contributed by atoms with Gasteiger partial charge in [-0.1, -0.05) is 36.5 Å². The Bertz CT molecular complexity index is 1360. The number of hydrogen-bond acceptors (Lipinski definition) is 7. The zero-order valence-corrected chi connectivity index (χ0v) is 23.3. The van der Waals surface area contributed by atoms with Crippen molar-refractivity contribution in [3.63, 3.8) is 0 Å². The topological polar surface area (TPSA) is 61.8 Å². The van der Waals surface area contributed by atoms with E-state index in [1.807, 2.05) is 47.5 Å². The molecule has 0 bridgehead atoms. The van der Waals surface area contributed by atoms with Gasteiger partial charge in [-0.25, -0.2) is 5.01 Å². The molecule has 2 heterocycles. The molecule has 5 rings (SSSR count). The molecule has 2 aliphatic heterocycles. The van der Waals surface area contributed by atoms with Crippen LogP contribution in [0.1, 0.15) is 55.1 Å². The molecule has 0 aliphatic carbocycles. The van der Waals surface area contributed by atoms with Gasteiger partial charge in [0.15, 0.2) is 23.0 Å². The Kier molecular flexibility index (Phi) is 7.77. The number of fused-ring (bicyclic) bond motifs is 3. The molecule has 0 spiro atoms. The highest BCUT2D eigenvalue weighted by Gasteiger charge is 2.42. The second-order valence-electron chi connectivity index (χ2n) is 9.10. The Morgan fingerprint density at radius 3 is 2.39 bits per heavy atom. The molecule has 9 heteroatoms. The molecule has 38 heavy (non-hydrogen) atoms. The Morgan fingerprint density at radius 1 is 0.921 bits per heavy atom. The van der Waals surface area contributed by atoms with E-state index in [9.17, 15) is 0 Å². The molecule has 0 unspecified atom stereocenters. The lowest BCUT2D eigenvalue weighted by atomic mass is 9.95. The first kappa shape index (κ1) is 26.3. The lowest BCUT2D eigenvalue weighted by molar-refractivity contribution is -0.0190. The molecule has 0 fully saturated rings. The smallest absolute Gasteiger partial charge is 0.214 e. The first-order valence-electron chi connectivity index (χ1n) is 12.5. The van der Waals surface area contributed by atoms with Crippen molar-refractivity contribution in [1.29, 1.82) is 0 Å². The zero-order valence-electron chi connectivity index (χ0n) is 21.8. The van der Waals surface area contributed by atoms with Crippen LogP contribution in [0.4, 0.5) is 0 Å². The lowest BCUT2D eigenvalue weighted by Gasteiger charge is -2.38. The largest absolute Gasteiger partial charge is 0.493 e. The van der Waals surface area contributed by atoms with E-state index >= 15 is 0 Å². The molecule has 2 aliphatic rings. The standard InChI is InChI=1S/C29H30Cl2N2O5/c1-5-6-11-37-25-10-8-18(13-27(25)36-4)29-33-23(20-14-19(30)15-21(31)28(20)38-29)16-22(32-33)17-7-9-24(34-2)26(12-17)35-3/h7-10,12-15,23,29H,5-6,11,16H2,1-4H3/t23-,29+/m0/s1. The Morgan fingerprint density at radius 2 is 1.66 bits per heavy atom. The highest BCUT2D eigenvalue weighted by atomic mass is 35.5.